The van der Waals surface area contributed by atoms with Crippen LogP contribution in [0, 0.1) is 0 Å². The highest BCUT2D eigenvalue weighted by Gasteiger charge is 2.48. The SMILES string of the molecule is COc1ccc2cc3n(c2c1)C[C@@](C)(C(=O)NC1CCCCCC1)N(Cc1ccccc1)C3=O. The van der Waals surface area contributed by atoms with Crippen LogP contribution in [-0.2, 0) is 17.9 Å². The third-order valence-corrected chi connectivity index (χ3v) is 7.50. The molecule has 0 radical (unpaired) electrons. The van der Waals surface area contributed by atoms with Gasteiger partial charge in [-0.15, -0.1) is 0 Å². The molecule has 1 N–H and O–H groups in total. The number of rotatable bonds is 5. The number of ether oxygens (including phenoxy) is 1. The Bertz CT molecular complexity index is 1190. The molecule has 3 aromatic rings. The minimum atomic E-state index is -1.01. The molecule has 1 fully saturated rings. The summed E-state index contributed by atoms with van der Waals surface area (Å²) in [6.07, 6.45) is 6.74. The van der Waals surface area contributed by atoms with Gasteiger partial charge in [0.15, 0.2) is 0 Å². The van der Waals surface area contributed by atoms with Gasteiger partial charge in [-0.3, -0.25) is 9.59 Å². The van der Waals surface area contributed by atoms with E-state index in [0.717, 1.165) is 47.9 Å². The maximum atomic E-state index is 13.9. The van der Waals surface area contributed by atoms with E-state index >= 15 is 0 Å². The molecule has 6 nitrogen and oxygen atoms in total. The van der Waals surface area contributed by atoms with Crippen LogP contribution in [0.3, 0.4) is 0 Å². The fraction of sp³-hybridized carbons (Fsp3) is 0.429. The third kappa shape index (κ3) is 4.06. The molecule has 1 atom stereocenters. The largest absolute Gasteiger partial charge is 0.497 e. The van der Waals surface area contributed by atoms with Crippen molar-refractivity contribution in [3.8, 4) is 5.75 Å². The van der Waals surface area contributed by atoms with Crippen molar-refractivity contribution in [2.24, 2.45) is 0 Å². The van der Waals surface area contributed by atoms with Crippen molar-refractivity contribution in [1.82, 2.24) is 14.8 Å². The summed E-state index contributed by atoms with van der Waals surface area (Å²) in [7, 11) is 1.64. The lowest BCUT2D eigenvalue weighted by Gasteiger charge is -2.44. The summed E-state index contributed by atoms with van der Waals surface area (Å²) < 4.78 is 7.43. The van der Waals surface area contributed by atoms with E-state index in [2.05, 4.69) is 5.32 Å². The molecule has 1 aliphatic carbocycles. The van der Waals surface area contributed by atoms with Gasteiger partial charge < -0.3 is 19.5 Å². The number of carbonyl (C=O) groups excluding carboxylic acids is 2. The molecule has 2 amide bonds. The predicted octanol–water partition coefficient (Wildman–Crippen LogP) is 4.90. The molecule has 2 aromatic carbocycles. The third-order valence-electron chi connectivity index (χ3n) is 7.50. The first-order chi connectivity index (χ1) is 16.5. The number of hydrogen-bond acceptors (Lipinski definition) is 3. The van der Waals surface area contributed by atoms with Crippen molar-refractivity contribution in [3.05, 3.63) is 65.9 Å². The molecule has 2 heterocycles. The van der Waals surface area contributed by atoms with E-state index in [9.17, 15) is 9.59 Å². The monoisotopic (exact) mass is 459 g/mol. The molecule has 0 bridgehead atoms. The lowest BCUT2D eigenvalue weighted by molar-refractivity contribution is -0.134. The zero-order valence-electron chi connectivity index (χ0n) is 20.0. The zero-order chi connectivity index (χ0) is 23.7. The minimum absolute atomic E-state index is 0.0703. The molecule has 1 aliphatic heterocycles. The molecule has 1 aromatic heterocycles. The van der Waals surface area contributed by atoms with E-state index in [1.54, 1.807) is 12.0 Å². The number of fused-ring (bicyclic) bond motifs is 3. The Hall–Kier alpha value is -3.28. The Balaban J connectivity index is 1.55. The molecule has 6 heteroatoms. The zero-order valence-corrected chi connectivity index (χ0v) is 20.0. The van der Waals surface area contributed by atoms with Crippen LogP contribution in [0.5, 0.6) is 5.75 Å². The van der Waals surface area contributed by atoms with Crippen molar-refractivity contribution < 1.29 is 14.3 Å². The average Bonchev–Trinajstić information content (AvgIpc) is 3.01. The highest BCUT2D eigenvalue weighted by Crippen LogP contribution is 2.35. The van der Waals surface area contributed by atoms with Crippen LogP contribution >= 0.6 is 0 Å². The lowest BCUT2D eigenvalue weighted by Crippen LogP contribution is -2.64. The predicted molar refractivity (Wildman–Crippen MR) is 133 cm³/mol. The second kappa shape index (κ2) is 9.16. The molecule has 0 unspecified atom stereocenters. The maximum Gasteiger partial charge on any atom is 0.271 e. The maximum absolute atomic E-state index is 13.9. The standard InChI is InChI=1S/C28H33N3O3/c1-28(27(33)29-22-12-8-3-4-9-13-22)19-30-24-17-23(34-2)15-14-21(24)16-25(30)26(32)31(28)18-20-10-6-5-7-11-20/h5-7,10-11,14-17,22H,3-4,8-9,12-13,18-19H2,1-2H3,(H,29,33)/t28-/m0/s1. The summed E-state index contributed by atoms with van der Waals surface area (Å²) in [4.78, 5) is 29.6. The number of nitrogens with zero attached hydrogens (tertiary/aromatic N) is 2. The molecule has 0 saturated heterocycles. The van der Waals surface area contributed by atoms with Gasteiger partial charge in [-0.25, -0.2) is 0 Å². The topological polar surface area (TPSA) is 63.6 Å². The van der Waals surface area contributed by atoms with Crippen molar-refractivity contribution >= 4 is 22.7 Å². The van der Waals surface area contributed by atoms with Crippen LogP contribution in [-0.4, -0.2) is 40.0 Å². The average molecular weight is 460 g/mol. The van der Waals surface area contributed by atoms with Gasteiger partial charge in [-0.05, 0) is 43.5 Å². The number of hydrogen-bond donors (Lipinski definition) is 1. The van der Waals surface area contributed by atoms with Gasteiger partial charge in [0.1, 0.15) is 17.0 Å². The number of amides is 2. The van der Waals surface area contributed by atoms with Gasteiger partial charge in [0.25, 0.3) is 5.91 Å². The van der Waals surface area contributed by atoms with E-state index in [4.69, 9.17) is 4.74 Å². The molecule has 1 saturated carbocycles. The Morgan fingerprint density at radius 3 is 2.50 bits per heavy atom. The van der Waals surface area contributed by atoms with Crippen molar-refractivity contribution in [2.75, 3.05) is 7.11 Å². The molecule has 2 aliphatic rings. The van der Waals surface area contributed by atoms with Gasteiger partial charge in [0.2, 0.25) is 5.91 Å². The van der Waals surface area contributed by atoms with E-state index < -0.39 is 5.54 Å². The first-order valence-electron chi connectivity index (χ1n) is 12.3. The summed E-state index contributed by atoms with van der Waals surface area (Å²) in [6.45, 7) is 2.70. The fourth-order valence-electron chi connectivity index (χ4n) is 5.44. The van der Waals surface area contributed by atoms with Crippen LogP contribution in [0.4, 0.5) is 0 Å². The molecular weight excluding hydrogens is 426 g/mol. The van der Waals surface area contributed by atoms with Gasteiger partial charge >= 0.3 is 0 Å². The summed E-state index contributed by atoms with van der Waals surface area (Å²) in [6, 6.07) is 17.8. The van der Waals surface area contributed by atoms with Gasteiger partial charge in [0, 0.05) is 24.0 Å². The Morgan fingerprint density at radius 1 is 1.06 bits per heavy atom. The van der Waals surface area contributed by atoms with E-state index in [-0.39, 0.29) is 17.9 Å². The van der Waals surface area contributed by atoms with E-state index in [1.807, 2.05) is 66.1 Å². The Labute approximate surface area is 200 Å². The van der Waals surface area contributed by atoms with Crippen LogP contribution < -0.4 is 10.1 Å². The smallest absolute Gasteiger partial charge is 0.271 e. The molecular formula is C28H33N3O3. The van der Waals surface area contributed by atoms with Gasteiger partial charge in [-0.2, -0.15) is 0 Å². The van der Waals surface area contributed by atoms with Crippen molar-refractivity contribution in [3.63, 3.8) is 0 Å². The quantitative estimate of drug-likeness (QED) is 0.552. The summed E-state index contributed by atoms with van der Waals surface area (Å²) in [5.41, 5.74) is 1.52. The Morgan fingerprint density at radius 2 is 1.79 bits per heavy atom. The first kappa shape index (κ1) is 22.5. The second-order valence-corrected chi connectivity index (χ2v) is 9.85. The van der Waals surface area contributed by atoms with Crippen LogP contribution in [0.25, 0.3) is 10.9 Å². The first-order valence-corrected chi connectivity index (χ1v) is 12.3. The molecule has 5 rings (SSSR count). The highest BCUT2D eigenvalue weighted by molar-refractivity contribution is 6.03. The molecule has 178 valence electrons. The fourth-order valence-corrected chi connectivity index (χ4v) is 5.44. The lowest BCUT2D eigenvalue weighted by atomic mass is 9.93. The highest BCUT2D eigenvalue weighted by atomic mass is 16.5. The summed E-state index contributed by atoms with van der Waals surface area (Å²) in [5, 5.41) is 4.30. The normalized spacial score (nSPS) is 21.2. The van der Waals surface area contributed by atoms with Crippen molar-refractivity contribution in [1.29, 1.82) is 0 Å². The number of nitrogens with one attached hydrogen (secondary N) is 1. The van der Waals surface area contributed by atoms with E-state index in [0.29, 0.717) is 18.8 Å². The summed E-state index contributed by atoms with van der Waals surface area (Å²) in [5.74, 6) is 0.542. The van der Waals surface area contributed by atoms with Gasteiger partial charge in [-0.1, -0.05) is 56.0 Å². The van der Waals surface area contributed by atoms with Crippen molar-refractivity contribution in [2.45, 2.75) is 70.1 Å². The van der Waals surface area contributed by atoms with Crippen LogP contribution in [0.15, 0.2) is 54.6 Å². The molecule has 34 heavy (non-hydrogen) atoms. The number of aromatic nitrogens is 1. The number of carbonyl (C=O) groups is 2. The van der Waals surface area contributed by atoms with Crippen LogP contribution in [0.2, 0.25) is 0 Å². The summed E-state index contributed by atoms with van der Waals surface area (Å²) >= 11 is 0. The van der Waals surface area contributed by atoms with Gasteiger partial charge in [0.05, 0.1) is 19.2 Å². The van der Waals surface area contributed by atoms with E-state index in [1.165, 1.54) is 12.8 Å². The Kier molecular flexibility index (Phi) is 6.07. The number of benzene rings is 2. The minimum Gasteiger partial charge on any atom is -0.497 e. The second-order valence-electron chi connectivity index (χ2n) is 9.85. The molecule has 0 spiro atoms. The van der Waals surface area contributed by atoms with Crippen LogP contribution in [0.1, 0.15) is 61.5 Å². The number of methoxy groups -OCH3 is 1.